The smallest absolute Gasteiger partial charge is 0.309 e. The van der Waals surface area contributed by atoms with Gasteiger partial charge in [0, 0.05) is 0 Å². The van der Waals surface area contributed by atoms with Gasteiger partial charge in [-0.05, 0) is 31.4 Å². The summed E-state index contributed by atoms with van der Waals surface area (Å²) in [6.07, 6.45) is 0.855. The van der Waals surface area contributed by atoms with Crippen molar-refractivity contribution < 1.29 is 19.1 Å². The van der Waals surface area contributed by atoms with Gasteiger partial charge in [0.05, 0.1) is 18.2 Å². The van der Waals surface area contributed by atoms with E-state index in [1.165, 1.54) is 0 Å². The fourth-order valence-electron chi connectivity index (χ4n) is 1.93. The minimum atomic E-state index is -0.362. The van der Waals surface area contributed by atoms with E-state index >= 15 is 0 Å². The zero-order valence-corrected chi connectivity index (χ0v) is 11.7. The molecule has 0 aliphatic heterocycles. The fourth-order valence-corrected chi connectivity index (χ4v) is 1.93. The first-order valence-electron chi connectivity index (χ1n) is 6.80. The third-order valence-corrected chi connectivity index (χ3v) is 3.22. The van der Waals surface area contributed by atoms with Crippen LogP contribution in [0.4, 0.5) is 5.69 Å². The number of esters is 1. The first-order chi connectivity index (χ1) is 9.61. The van der Waals surface area contributed by atoms with Gasteiger partial charge >= 0.3 is 5.97 Å². The van der Waals surface area contributed by atoms with E-state index in [1.54, 1.807) is 18.2 Å². The molecule has 5 heteroatoms. The van der Waals surface area contributed by atoms with E-state index in [9.17, 15) is 9.59 Å². The van der Waals surface area contributed by atoms with Crippen LogP contribution < -0.4 is 10.1 Å². The first-order valence-corrected chi connectivity index (χ1v) is 6.80. The summed E-state index contributed by atoms with van der Waals surface area (Å²) < 4.78 is 10.4. The summed E-state index contributed by atoms with van der Waals surface area (Å²) in [7, 11) is 0. The summed E-state index contributed by atoms with van der Waals surface area (Å²) >= 11 is 0. The summed E-state index contributed by atoms with van der Waals surface area (Å²) in [5.74, 6) is 0.304. The molecule has 1 fully saturated rings. The number of hydrogen-bond donors (Lipinski definition) is 1. The maximum Gasteiger partial charge on any atom is 0.309 e. The second-order valence-corrected chi connectivity index (χ2v) is 4.90. The Hall–Kier alpha value is -2.04. The van der Waals surface area contributed by atoms with Crippen LogP contribution in [-0.2, 0) is 14.3 Å². The number of hydrogen-bond acceptors (Lipinski definition) is 4. The van der Waals surface area contributed by atoms with E-state index < -0.39 is 0 Å². The largest absolute Gasteiger partial charge is 0.492 e. The lowest BCUT2D eigenvalue weighted by Gasteiger charge is -2.11. The molecule has 0 unspecified atom stereocenters. The van der Waals surface area contributed by atoms with Crippen LogP contribution >= 0.6 is 0 Å². The monoisotopic (exact) mass is 277 g/mol. The highest BCUT2D eigenvalue weighted by atomic mass is 16.5. The Bertz CT molecular complexity index is 500. The van der Waals surface area contributed by atoms with Gasteiger partial charge in [0.2, 0.25) is 0 Å². The molecular weight excluding hydrogens is 258 g/mol. The van der Waals surface area contributed by atoms with E-state index in [0.717, 1.165) is 6.42 Å². The minimum absolute atomic E-state index is 0.0292. The van der Waals surface area contributed by atoms with Gasteiger partial charge in [0.15, 0.2) is 6.61 Å². The standard InChI is InChI=1S/C15H19NO4/c1-3-19-13-7-5-4-6-12(13)16-14(17)9-20-15(18)11-8-10(11)2/h4-7,10-11H,3,8-9H2,1-2H3,(H,16,17)/t10-,11+/m0/s1. The van der Waals surface area contributed by atoms with Crippen molar-refractivity contribution >= 4 is 17.6 Å². The number of para-hydroxylation sites is 2. The van der Waals surface area contributed by atoms with Crippen LogP contribution in [0.15, 0.2) is 24.3 Å². The second kappa shape index (κ2) is 6.41. The SMILES string of the molecule is CCOc1ccccc1NC(=O)COC(=O)[C@@H]1C[C@@H]1C. The van der Waals surface area contributed by atoms with Crippen molar-refractivity contribution in [3.05, 3.63) is 24.3 Å². The molecule has 1 aromatic rings. The normalized spacial score (nSPS) is 20.1. The molecule has 0 aromatic heterocycles. The van der Waals surface area contributed by atoms with Crippen LogP contribution in [0.5, 0.6) is 5.75 Å². The zero-order chi connectivity index (χ0) is 14.5. The predicted octanol–water partition coefficient (Wildman–Crippen LogP) is 2.22. The van der Waals surface area contributed by atoms with E-state index in [4.69, 9.17) is 9.47 Å². The van der Waals surface area contributed by atoms with Crippen molar-refractivity contribution in [1.29, 1.82) is 0 Å². The molecule has 0 saturated heterocycles. The van der Waals surface area contributed by atoms with Crippen molar-refractivity contribution in [2.75, 3.05) is 18.5 Å². The lowest BCUT2D eigenvalue weighted by atomic mass is 10.3. The van der Waals surface area contributed by atoms with Crippen LogP contribution in [-0.4, -0.2) is 25.1 Å². The Labute approximate surface area is 118 Å². The van der Waals surface area contributed by atoms with Crippen LogP contribution in [0.1, 0.15) is 20.3 Å². The Morgan fingerprint density at radius 2 is 2.05 bits per heavy atom. The quantitative estimate of drug-likeness (QED) is 0.810. The summed E-state index contributed by atoms with van der Waals surface area (Å²) in [5.41, 5.74) is 0.579. The lowest BCUT2D eigenvalue weighted by Crippen LogP contribution is -2.22. The number of anilines is 1. The number of amides is 1. The van der Waals surface area contributed by atoms with Crippen molar-refractivity contribution in [3.8, 4) is 5.75 Å². The molecule has 1 aliphatic carbocycles. The van der Waals surface area contributed by atoms with Crippen molar-refractivity contribution in [2.45, 2.75) is 20.3 Å². The molecule has 2 rings (SSSR count). The van der Waals surface area contributed by atoms with Gasteiger partial charge in [0.25, 0.3) is 5.91 Å². The highest BCUT2D eigenvalue weighted by Crippen LogP contribution is 2.38. The second-order valence-electron chi connectivity index (χ2n) is 4.90. The van der Waals surface area contributed by atoms with Gasteiger partial charge < -0.3 is 14.8 Å². The maximum atomic E-state index is 11.8. The number of nitrogens with one attached hydrogen (secondary N) is 1. The molecule has 1 N–H and O–H groups in total. The van der Waals surface area contributed by atoms with Crippen molar-refractivity contribution in [3.63, 3.8) is 0 Å². The summed E-state index contributed by atoms with van der Waals surface area (Å²) in [6.45, 7) is 4.12. The predicted molar refractivity (Wildman–Crippen MR) is 74.5 cm³/mol. The number of rotatable bonds is 6. The highest BCUT2D eigenvalue weighted by Gasteiger charge is 2.40. The van der Waals surface area contributed by atoms with Gasteiger partial charge in [-0.25, -0.2) is 0 Å². The van der Waals surface area contributed by atoms with E-state index in [0.29, 0.717) is 24.0 Å². The molecular formula is C15H19NO4. The molecule has 0 bridgehead atoms. The molecule has 1 amide bonds. The van der Waals surface area contributed by atoms with Crippen LogP contribution in [0, 0.1) is 11.8 Å². The lowest BCUT2D eigenvalue weighted by molar-refractivity contribution is -0.148. The maximum absolute atomic E-state index is 11.8. The molecule has 5 nitrogen and oxygen atoms in total. The van der Waals surface area contributed by atoms with Gasteiger partial charge in [-0.3, -0.25) is 9.59 Å². The first kappa shape index (κ1) is 14.4. The molecule has 0 spiro atoms. The highest BCUT2D eigenvalue weighted by molar-refractivity contribution is 5.94. The van der Waals surface area contributed by atoms with Gasteiger partial charge in [-0.2, -0.15) is 0 Å². The number of benzene rings is 1. The average molecular weight is 277 g/mol. The minimum Gasteiger partial charge on any atom is -0.492 e. The summed E-state index contributed by atoms with van der Waals surface area (Å²) in [6, 6.07) is 7.15. The Morgan fingerprint density at radius 3 is 2.70 bits per heavy atom. The molecule has 1 aromatic carbocycles. The fraction of sp³-hybridized carbons (Fsp3) is 0.467. The molecule has 2 atom stereocenters. The Kier molecular flexibility index (Phi) is 4.61. The number of ether oxygens (including phenoxy) is 2. The van der Waals surface area contributed by atoms with Crippen LogP contribution in [0.25, 0.3) is 0 Å². The molecule has 0 heterocycles. The Balaban J connectivity index is 1.83. The molecule has 108 valence electrons. The van der Waals surface area contributed by atoms with Gasteiger partial charge in [-0.15, -0.1) is 0 Å². The van der Waals surface area contributed by atoms with Crippen molar-refractivity contribution in [2.24, 2.45) is 11.8 Å². The summed E-state index contributed by atoms with van der Waals surface area (Å²) in [5, 5.41) is 2.68. The summed E-state index contributed by atoms with van der Waals surface area (Å²) in [4.78, 5) is 23.3. The zero-order valence-electron chi connectivity index (χ0n) is 11.7. The average Bonchev–Trinajstić information content (AvgIpc) is 3.16. The van der Waals surface area contributed by atoms with E-state index in [2.05, 4.69) is 5.32 Å². The third-order valence-electron chi connectivity index (χ3n) is 3.22. The Morgan fingerprint density at radius 1 is 1.35 bits per heavy atom. The van der Waals surface area contributed by atoms with Crippen molar-refractivity contribution in [1.82, 2.24) is 0 Å². The van der Waals surface area contributed by atoms with E-state index in [1.807, 2.05) is 19.9 Å². The number of carbonyl (C=O) groups is 2. The number of carbonyl (C=O) groups excluding carboxylic acids is 2. The topological polar surface area (TPSA) is 64.6 Å². The molecule has 1 saturated carbocycles. The van der Waals surface area contributed by atoms with E-state index in [-0.39, 0.29) is 24.4 Å². The van der Waals surface area contributed by atoms with Gasteiger partial charge in [0.1, 0.15) is 5.75 Å². The van der Waals surface area contributed by atoms with Crippen LogP contribution in [0.2, 0.25) is 0 Å². The molecule has 1 aliphatic rings. The van der Waals surface area contributed by atoms with Gasteiger partial charge in [-0.1, -0.05) is 19.1 Å². The van der Waals surface area contributed by atoms with Crippen LogP contribution in [0.3, 0.4) is 0 Å². The molecule has 0 radical (unpaired) electrons. The molecule has 20 heavy (non-hydrogen) atoms. The third kappa shape index (κ3) is 3.73.